The van der Waals surface area contributed by atoms with Crippen LogP contribution in [0.25, 0.3) is 6.08 Å². The van der Waals surface area contributed by atoms with E-state index >= 15 is 0 Å². The number of para-hydroxylation sites is 1. The van der Waals surface area contributed by atoms with Crippen molar-refractivity contribution in [1.82, 2.24) is 0 Å². The molecule has 1 saturated heterocycles. The van der Waals surface area contributed by atoms with E-state index in [0.717, 1.165) is 11.2 Å². The van der Waals surface area contributed by atoms with Crippen LogP contribution in [-0.2, 0) is 9.31 Å². The van der Waals surface area contributed by atoms with E-state index in [-0.39, 0.29) is 25.2 Å². The Balaban J connectivity index is 1.68. The Bertz CT molecular complexity index is 849. The van der Waals surface area contributed by atoms with Gasteiger partial charge in [-0.3, -0.25) is 0 Å². The molecule has 1 fully saturated rings. The smallest absolute Gasteiger partial charge is 0.420 e. The van der Waals surface area contributed by atoms with Crippen LogP contribution in [0.15, 0.2) is 48.4 Å². The van der Waals surface area contributed by atoms with Crippen molar-refractivity contribution < 1.29 is 9.31 Å². The fourth-order valence-corrected chi connectivity index (χ4v) is 3.69. The predicted molar refractivity (Wildman–Crippen MR) is 119 cm³/mol. The van der Waals surface area contributed by atoms with Gasteiger partial charge in [-0.1, -0.05) is 47.8 Å². The molecule has 0 radical (unpaired) electrons. The topological polar surface area (TPSA) is 30.5 Å². The summed E-state index contributed by atoms with van der Waals surface area (Å²) < 4.78 is 13.8. The lowest BCUT2D eigenvalue weighted by molar-refractivity contribution is 0.00578. The Morgan fingerprint density at radius 3 is 2.23 bits per heavy atom. The maximum atomic E-state index is 6.29. The molecule has 26 heavy (non-hydrogen) atoms. The lowest BCUT2D eigenvalue weighted by Crippen LogP contribution is -2.44. The molecule has 0 spiro atoms. The van der Waals surface area contributed by atoms with Gasteiger partial charge < -0.3 is 14.5 Å². The number of anilines is 1. The molecule has 3 nitrogen and oxygen atoms in total. The zero-order valence-corrected chi connectivity index (χ0v) is 17.7. The highest BCUT2D eigenvalue weighted by atomic mass is 127. The Morgan fingerprint density at radius 2 is 1.58 bits per heavy atom. The molecule has 0 bridgehead atoms. The second-order valence-corrected chi connectivity index (χ2v) is 9.18. The minimum absolute atomic E-state index is 0.142. The summed E-state index contributed by atoms with van der Waals surface area (Å²) >= 11 is 2.33. The molecule has 1 N–H and O–H groups in total. The number of hydrogen-bond donors (Lipinski definition) is 1. The van der Waals surface area contributed by atoms with Crippen molar-refractivity contribution in [3.05, 3.63) is 57.6 Å². The molecule has 0 atom stereocenters. The minimum Gasteiger partial charge on any atom is -0.420 e. The van der Waals surface area contributed by atoms with Crippen LogP contribution in [0.4, 0.5) is 5.69 Å². The van der Waals surface area contributed by atoms with Gasteiger partial charge in [-0.2, -0.15) is 0 Å². The first-order valence-corrected chi connectivity index (χ1v) is 10.0. The molecule has 0 saturated carbocycles. The average Bonchev–Trinajstić information content (AvgIpc) is 2.82. The van der Waals surface area contributed by atoms with E-state index in [9.17, 15) is 0 Å². The van der Waals surface area contributed by atoms with E-state index in [1.165, 1.54) is 14.6 Å². The minimum atomic E-state index is -0.369. The number of halogens is 1. The highest BCUT2D eigenvalue weighted by molar-refractivity contribution is 14.1. The number of hydrogen-bond acceptors (Lipinski definition) is 3. The first-order valence-electron chi connectivity index (χ1n) is 8.96. The summed E-state index contributed by atoms with van der Waals surface area (Å²) in [4.78, 5) is 0. The fourth-order valence-electron chi connectivity index (χ4n) is 3.33. The van der Waals surface area contributed by atoms with E-state index in [0.29, 0.717) is 0 Å². The normalized spacial score (nSPS) is 20.0. The lowest BCUT2D eigenvalue weighted by Gasteiger charge is -2.32. The maximum absolute atomic E-state index is 6.29. The van der Waals surface area contributed by atoms with Gasteiger partial charge in [-0.05, 0) is 68.0 Å². The largest absolute Gasteiger partial charge is 0.496 e. The lowest BCUT2D eigenvalue weighted by atomic mass is 9.54. The van der Waals surface area contributed by atoms with E-state index in [2.05, 4.69) is 110 Å². The van der Waals surface area contributed by atoms with E-state index in [4.69, 9.17) is 9.31 Å². The van der Waals surface area contributed by atoms with Crippen LogP contribution in [0.5, 0.6) is 0 Å². The average molecular weight is 457 g/mol. The van der Waals surface area contributed by atoms with Crippen LogP contribution in [0, 0.1) is 3.57 Å². The molecule has 132 valence electrons. The number of benzene rings is 2. The molecular formula is C20H22B2INO2. The molecule has 0 aliphatic carbocycles. The van der Waals surface area contributed by atoms with Gasteiger partial charge in [-0.25, -0.2) is 0 Å². The molecule has 2 aliphatic heterocycles. The first-order chi connectivity index (χ1) is 12.3. The van der Waals surface area contributed by atoms with Crippen molar-refractivity contribution in [1.29, 1.82) is 0 Å². The molecule has 2 heterocycles. The molecule has 0 amide bonds. The first kappa shape index (κ1) is 18.1. The monoisotopic (exact) mass is 457 g/mol. The third kappa shape index (κ3) is 3.12. The molecule has 4 rings (SSSR count). The molecule has 6 heteroatoms. The van der Waals surface area contributed by atoms with Crippen molar-refractivity contribution in [2.24, 2.45) is 0 Å². The standard InChI is InChI=1S/C20H22B2INO2/c1-19(2)20(3,4)26-22(25-19)17-7-5-6-14-12-13-21(24-18(14)17)15-8-10-16(23)11-9-15/h5-13,24H,1-4H3. The Labute approximate surface area is 169 Å². The van der Waals surface area contributed by atoms with Gasteiger partial charge in [0.2, 0.25) is 0 Å². The summed E-state index contributed by atoms with van der Waals surface area (Å²) in [5, 5.41) is 3.68. The second-order valence-electron chi connectivity index (χ2n) is 7.93. The Morgan fingerprint density at radius 1 is 0.923 bits per heavy atom. The van der Waals surface area contributed by atoms with Crippen molar-refractivity contribution in [3.63, 3.8) is 0 Å². The molecule has 2 aromatic rings. The van der Waals surface area contributed by atoms with Crippen molar-refractivity contribution in [3.8, 4) is 0 Å². The van der Waals surface area contributed by atoms with Crippen LogP contribution in [-0.4, -0.2) is 25.2 Å². The quantitative estimate of drug-likeness (QED) is 0.554. The maximum Gasteiger partial charge on any atom is 0.496 e. The Kier molecular flexibility index (Phi) is 4.48. The molecule has 0 unspecified atom stereocenters. The SMILES string of the molecule is CC1(C)OB(c2cccc3c2NB(c2ccc(I)cc2)C=C3)OC1(C)C. The van der Waals surface area contributed by atoms with Crippen molar-refractivity contribution >= 4 is 59.2 Å². The van der Waals surface area contributed by atoms with Crippen molar-refractivity contribution in [2.45, 2.75) is 38.9 Å². The third-order valence-corrected chi connectivity index (χ3v) is 6.35. The predicted octanol–water partition coefficient (Wildman–Crippen LogP) is 3.47. The fraction of sp³-hybridized carbons (Fsp3) is 0.300. The van der Waals surface area contributed by atoms with Gasteiger partial charge in [0.25, 0.3) is 0 Å². The van der Waals surface area contributed by atoms with Gasteiger partial charge in [0.1, 0.15) is 0 Å². The van der Waals surface area contributed by atoms with Gasteiger partial charge >= 0.3 is 14.0 Å². The molecule has 2 aromatic carbocycles. The Hall–Kier alpha value is -1.24. The van der Waals surface area contributed by atoms with Crippen LogP contribution >= 0.6 is 22.6 Å². The summed E-state index contributed by atoms with van der Waals surface area (Å²) in [6.07, 6.45) is 2.18. The van der Waals surface area contributed by atoms with Gasteiger partial charge in [-0.15, -0.1) is 0 Å². The second kappa shape index (κ2) is 6.43. The van der Waals surface area contributed by atoms with Gasteiger partial charge in [0.15, 0.2) is 0 Å². The van der Waals surface area contributed by atoms with Gasteiger partial charge in [0, 0.05) is 14.7 Å². The summed E-state index contributed by atoms with van der Waals surface area (Å²) in [6.45, 7) is 8.49. The highest BCUT2D eigenvalue weighted by Gasteiger charge is 2.52. The summed E-state index contributed by atoms with van der Waals surface area (Å²) in [5.41, 5.74) is 3.87. The van der Waals surface area contributed by atoms with Gasteiger partial charge in [0.05, 0.1) is 11.2 Å². The number of nitrogens with one attached hydrogen (secondary N) is 1. The van der Waals surface area contributed by atoms with Crippen LogP contribution < -0.4 is 16.2 Å². The summed E-state index contributed by atoms with van der Waals surface area (Å²) in [7, 11) is -0.369. The highest BCUT2D eigenvalue weighted by Crippen LogP contribution is 2.37. The molecule has 2 aliphatic rings. The van der Waals surface area contributed by atoms with E-state index < -0.39 is 0 Å². The third-order valence-electron chi connectivity index (χ3n) is 5.63. The van der Waals surface area contributed by atoms with E-state index in [1.807, 2.05) is 0 Å². The number of rotatable bonds is 2. The van der Waals surface area contributed by atoms with Crippen LogP contribution in [0.3, 0.4) is 0 Å². The molecular weight excluding hydrogens is 435 g/mol. The zero-order valence-electron chi connectivity index (χ0n) is 15.5. The van der Waals surface area contributed by atoms with Crippen molar-refractivity contribution in [2.75, 3.05) is 5.23 Å². The number of fused-ring (bicyclic) bond motifs is 1. The summed E-state index contributed by atoms with van der Waals surface area (Å²) in [5.74, 6) is 2.21. The van der Waals surface area contributed by atoms with E-state index in [1.54, 1.807) is 0 Å². The van der Waals surface area contributed by atoms with Crippen LogP contribution in [0.1, 0.15) is 33.3 Å². The van der Waals surface area contributed by atoms with Crippen LogP contribution in [0.2, 0.25) is 0 Å². The molecule has 0 aromatic heterocycles. The zero-order chi connectivity index (χ0) is 18.5. The summed E-state index contributed by atoms with van der Waals surface area (Å²) in [6, 6.07) is 14.9.